The van der Waals surface area contributed by atoms with Gasteiger partial charge in [0.25, 0.3) is 0 Å². The Bertz CT molecular complexity index is 733. The van der Waals surface area contributed by atoms with Gasteiger partial charge in [-0.25, -0.2) is 9.59 Å². The highest BCUT2D eigenvalue weighted by Crippen LogP contribution is 2.21. The van der Waals surface area contributed by atoms with Gasteiger partial charge in [0.05, 0.1) is 6.42 Å². The van der Waals surface area contributed by atoms with E-state index in [4.69, 9.17) is 14.3 Å². The topological polar surface area (TPSA) is 93.8 Å². The van der Waals surface area contributed by atoms with E-state index in [0.717, 1.165) is 0 Å². The molecular weight excluding hydrogens is 284 g/mol. The van der Waals surface area contributed by atoms with E-state index in [-0.39, 0.29) is 17.8 Å². The van der Waals surface area contributed by atoms with Crippen molar-refractivity contribution < 1.29 is 23.8 Å². The zero-order valence-electron chi connectivity index (χ0n) is 10.2. The van der Waals surface area contributed by atoms with Crippen molar-refractivity contribution in [3.8, 4) is 5.75 Å². The molecule has 1 heterocycles. The predicted molar refractivity (Wildman–Crippen MR) is 73.5 cm³/mol. The summed E-state index contributed by atoms with van der Waals surface area (Å²) in [5, 5.41) is 9.25. The lowest BCUT2D eigenvalue weighted by Gasteiger charge is -2.04. The summed E-state index contributed by atoms with van der Waals surface area (Å²) in [4.78, 5) is 33.6. The summed E-state index contributed by atoms with van der Waals surface area (Å²) in [6.07, 6.45) is 0.156. The number of benzene rings is 1. The molecule has 0 saturated heterocycles. The highest BCUT2D eigenvalue weighted by atomic mass is 32.1. The lowest BCUT2D eigenvalue weighted by molar-refractivity contribution is -0.133. The summed E-state index contributed by atoms with van der Waals surface area (Å²) in [6.45, 7) is 0. The van der Waals surface area contributed by atoms with Crippen molar-refractivity contribution in [2.45, 2.75) is 6.42 Å². The number of thiol groups is 1. The Kier molecular flexibility index (Phi) is 4.09. The number of carbonyl (C=O) groups excluding carboxylic acids is 1. The third kappa shape index (κ3) is 3.00. The van der Waals surface area contributed by atoms with Crippen LogP contribution >= 0.6 is 12.6 Å². The summed E-state index contributed by atoms with van der Waals surface area (Å²) < 4.78 is 9.91. The van der Waals surface area contributed by atoms with E-state index >= 15 is 0 Å². The maximum absolute atomic E-state index is 11.4. The molecule has 0 radical (unpaired) electrons. The van der Waals surface area contributed by atoms with Gasteiger partial charge in [0.2, 0.25) is 0 Å². The van der Waals surface area contributed by atoms with Crippen LogP contribution < -0.4 is 10.4 Å². The van der Waals surface area contributed by atoms with Crippen molar-refractivity contribution in [2.75, 3.05) is 5.75 Å². The molecule has 20 heavy (non-hydrogen) atoms. The molecular formula is C13H10O6S. The highest BCUT2D eigenvalue weighted by molar-refractivity contribution is 7.80. The molecule has 2 aromatic rings. The monoisotopic (exact) mass is 294 g/mol. The normalized spacial score (nSPS) is 10.4. The molecule has 0 aliphatic carbocycles. The van der Waals surface area contributed by atoms with E-state index < -0.39 is 23.1 Å². The van der Waals surface area contributed by atoms with Gasteiger partial charge >= 0.3 is 17.6 Å². The van der Waals surface area contributed by atoms with Crippen LogP contribution in [-0.4, -0.2) is 22.8 Å². The number of carbonyl (C=O) groups is 2. The van der Waals surface area contributed by atoms with Gasteiger partial charge in [-0.05, 0) is 18.2 Å². The predicted octanol–water partition coefficient (Wildman–Crippen LogP) is 1.72. The zero-order valence-corrected chi connectivity index (χ0v) is 11.1. The molecule has 0 aliphatic heterocycles. The van der Waals surface area contributed by atoms with Crippen LogP contribution in [0.2, 0.25) is 0 Å². The van der Waals surface area contributed by atoms with Crippen molar-refractivity contribution in [3.63, 3.8) is 0 Å². The average Bonchev–Trinajstić information content (AvgIpc) is 2.37. The van der Waals surface area contributed by atoms with Crippen molar-refractivity contribution in [3.05, 3.63) is 40.2 Å². The molecule has 1 aromatic heterocycles. The van der Waals surface area contributed by atoms with Crippen LogP contribution in [0.25, 0.3) is 11.0 Å². The Morgan fingerprint density at radius 3 is 2.70 bits per heavy atom. The Morgan fingerprint density at radius 2 is 2.05 bits per heavy atom. The number of hydrogen-bond acceptors (Lipinski definition) is 6. The van der Waals surface area contributed by atoms with Crippen molar-refractivity contribution in [2.24, 2.45) is 0 Å². The molecule has 0 amide bonds. The van der Waals surface area contributed by atoms with E-state index in [1.165, 1.54) is 24.3 Å². The first kappa shape index (κ1) is 14.1. The van der Waals surface area contributed by atoms with Crippen molar-refractivity contribution in [1.29, 1.82) is 0 Å². The number of hydrogen-bond donors (Lipinski definition) is 2. The third-order valence-corrected chi connectivity index (χ3v) is 2.71. The minimum Gasteiger partial charge on any atom is -0.477 e. The second-order valence-electron chi connectivity index (χ2n) is 3.90. The average molecular weight is 294 g/mol. The van der Waals surface area contributed by atoms with Gasteiger partial charge < -0.3 is 14.3 Å². The lowest BCUT2D eigenvalue weighted by Crippen LogP contribution is -2.13. The maximum atomic E-state index is 11.4. The largest absolute Gasteiger partial charge is 0.477 e. The molecule has 1 N–H and O–H groups in total. The Hall–Kier alpha value is -2.28. The van der Waals surface area contributed by atoms with Crippen LogP contribution in [0.5, 0.6) is 5.75 Å². The molecule has 0 aliphatic rings. The van der Waals surface area contributed by atoms with Crippen molar-refractivity contribution >= 4 is 35.5 Å². The van der Waals surface area contributed by atoms with E-state index in [0.29, 0.717) is 11.1 Å². The van der Waals surface area contributed by atoms with Crippen LogP contribution in [0.1, 0.15) is 16.8 Å². The second kappa shape index (κ2) is 5.79. The number of rotatable bonds is 4. The standard InChI is InChI=1S/C13H10O6S/c14-11(3-4-20)18-8-2-1-7-5-9(12(15)16)13(17)19-10(7)6-8/h1-2,5-6,20H,3-4H2,(H,15,16). The summed E-state index contributed by atoms with van der Waals surface area (Å²) in [6, 6.07) is 5.57. The molecule has 0 unspecified atom stereocenters. The first-order valence-electron chi connectivity index (χ1n) is 5.64. The molecule has 0 spiro atoms. The summed E-state index contributed by atoms with van der Waals surface area (Å²) in [5.41, 5.74) is -1.25. The molecule has 7 heteroatoms. The molecule has 2 rings (SSSR count). The van der Waals surface area contributed by atoms with Gasteiger partial charge in [-0.3, -0.25) is 4.79 Å². The molecule has 0 saturated carbocycles. The fourth-order valence-electron chi connectivity index (χ4n) is 1.58. The summed E-state index contributed by atoms with van der Waals surface area (Å²) in [5.74, 6) is -1.23. The number of aromatic carboxylic acids is 1. The lowest BCUT2D eigenvalue weighted by atomic mass is 10.2. The Balaban J connectivity index is 2.40. The number of carboxylic acid groups (broad SMARTS) is 1. The Morgan fingerprint density at radius 1 is 1.30 bits per heavy atom. The van der Waals surface area contributed by atoms with Crippen LogP contribution in [0.3, 0.4) is 0 Å². The zero-order chi connectivity index (χ0) is 14.7. The summed E-state index contributed by atoms with van der Waals surface area (Å²) in [7, 11) is 0. The smallest absolute Gasteiger partial charge is 0.351 e. The molecule has 1 aromatic carbocycles. The first-order chi connectivity index (χ1) is 9.51. The number of ether oxygens (including phenoxy) is 1. The molecule has 6 nitrogen and oxygen atoms in total. The molecule has 0 bridgehead atoms. The van der Waals surface area contributed by atoms with Gasteiger partial charge in [-0.15, -0.1) is 0 Å². The van der Waals surface area contributed by atoms with E-state index in [9.17, 15) is 14.4 Å². The second-order valence-corrected chi connectivity index (χ2v) is 4.35. The van der Waals surface area contributed by atoms with Crippen LogP contribution in [0.4, 0.5) is 0 Å². The highest BCUT2D eigenvalue weighted by Gasteiger charge is 2.13. The van der Waals surface area contributed by atoms with Crippen LogP contribution in [0, 0.1) is 0 Å². The Labute approximate surface area is 118 Å². The number of carboxylic acids is 1. The van der Waals surface area contributed by atoms with E-state index in [1.54, 1.807) is 0 Å². The van der Waals surface area contributed by atoms with Crippen molar-refractivity contribution in [1.82, 2.24) is 0 Å². The van der Waals surface area contributed by atoms with Crippen LogP contribution in [-0.2, 0) is 4.79 Å². The summed E-state index contributed by atoms with van der Waals surface area (Å²) >= 11 is 3.91. The van der Waals surface area contributed by atoms with E-state index in [2.05, 4.69) is 12.6 Å². The number of esters is 1. The van der Waals surface area contributed by atoms with Crippen LogP contribution in [0.15, 0.2) is 33.5 Å². The SMILES string of the molecule is O=C(CCS)Oc1ccc2cc(C(=O)O)c(=O)oc2c1. The van der Waals surface area contributed by atoms with Gasteiger partial charge in [-0.2, -0.15) is 12.6 Å². The molecule has 0 atom stereocenters. The third-order valence-electron chi connectivity index (χ3n) is 2.49. The maximum Gasteiger partial charge on any atom is 0.351 e. The molecule has 104 valence electrons. The molecule has 0 fully saturated rings. The van der Waals surface area contributed by atoms with Gasteiger partial charge in [0.15, 0.2) is 0 Å². The van der Waals surface area contributed by atoms with Gasteiger partial charge in [0.1, 0.15) is 16.9 Å². The minimum atomic E-state index is -1.36. The quantitative estimate of drug-likeness (QED) is 0.386. The van der Waals surface area contributed by atoms with Gasteiger partial charge in [0, 0.05) is 17.2 Å². The first-order valence-corrected chi connectivity index (χ1v) is 6.27. The van der Waals surface area contributed by atoms with Gasteiger partial charge in [-0.1, -0.05) is 0 Å². The minimum absolute atomic E-state index is 0.149. The fraction of sp³-hybridized carbons (Fsp3) is 0.154. The number of fused-ring (bicyclic) bond motifs is 1. The fourth-order valence-corrected chi connectivity index (χ4v) is 1.76. The van der Waals surface area contributed by atoms with E-state index in [1.807, 2.05) is 0 Å².